The molecule has 1 aliphatic carbocycles. The highest BCUT2D eigenvalue weighted by molar-refractivity contribution is 6.22. The van der Waals surface area contributed by atoms with Crippen LogP contribution in [0.5, 0.6) is 0 Å². The van der Waals surface area contributed by atoms with Crippen LogP contribution in [0.2, 0.25) is 0 Å². The van der Waals surface area contributed by atoms with Crippen molar-refractivity contribution in [1.82, 2.24) is 4.90 Å². The Morgan fingerprint density at radius 1 is 1.06 bits per heavy atom. The van der Waals surface area contributed by atoms with Crippen molar-refractivity contribution >= 4 is 11.6 Å². The van der Waals surface area contributed by atoms with E-state index in [9.17, 15) is 9.59 Å². The normalized spacial score (nSPS) is 18.4. The molecule has 0 aromatic rings. The predicted molar refractivity (Wildman–Crippen MR) is 75.3 cm³/mol. The van der Waals surface area contributed by atoms with E-state index in [2.05, 4.69) is 0 Å². The van der Waals surface area contributed by atoms with Crippen molar-refractivity contribution < 1.29 is 9.59 Å². The molecule has 0 atom stereocenters. The van der Waals surface area contributed by atoms with Gasteiger partial charge < -0.3 is 4.90 Å². The lowest BCUT2D eigenvalue weighted by Gasteiger charge is -2.28. The van der Waals surface area contributed by atoms with Crippen molar-refractivity contribution in [2.24, 2.45) is 5.41 Å². The van der Waals surface area contributed by atoms with Gasteiger partial charge in [-0.2, -0.15) is 0 Å². The standard InChI is InChI=1S/C13H19NO2.C2H6/c1-13(2)8-11(15)10(12(16)9-13)6-5-7-14(3)4;1-2/h5-7H,8-9H2,1-4H3;1-2H3. The van der Waals surface area contributed by atoms with Crippen molar-refractivity contribution in [3.8, 4) is 0 Å². The van der Waals surface area contributed by atoms with E-state index in [1.165, 1.54) is 0 Å². The number of ketones is 2. The monoisotopic (exact) mass is 251 g/mol. The minimum atomic E-state index is -0.184. The smallest absolute Gasteiger partial charge is 0.166 e. The Balaban J connectivity index is 0.00000137. The molecule has 0 aromatic heterocycles. The van der Waals surface area contributed by atoms with E-state index < -0.39 is 0 Å². The van der Waals surface area contributed by atoms with Gasteiger partial charge in [0.25, 0.3) is 0 Å². The summed E-state index contributed by atoms with van der Waals surface area (Å²) in [6.07, 6.45) is 6.09. The summed E-state index contributed by atoms with van der Waals surface area (Å²) in [4.78, 5) is 25.4. The maximum absolute atomic E-state index is 11.8. The number of carbonyl (C=O) groups is 2. The fraction of sp³-hybridized carbons (Fsp3) is 0.600. The Morgan fingerprint density at radius 3 is 1.89 bits per heavy atom. The molecule has 0 amide bonds. The van der Waals surface area contributed by atoms with Gasteiger partial charge in [-0.3, -0.25) is 9.59 Å². The number of nitrogens with zero attached hydrogens (tertiary/aromatic N) is 1. The highest BCUT2D eigenvalue weighted by Crippen LogP contribution is 2.33. The van der Waals surface area contributed by atoms with E-state index in [1.807, 2.05) is 52.9 Å². The third kappa shape index (κ3) is 5.30. The van der Waals surface area contributed by atoms with Crippen molar-refractivity contribution in [3.05, 3.63) is 23.9 Å². The van der Waals surface area contributed by atoms with Crippen molar-refractivity contribution in [1.29, 1.82) is 0 Å². The molecule has 0 bridgehead atoms. The molecule has 0 N–H and O–H groups in total. The SMILES string of the molecule is CC.CN(C)C=CC=C1C(=O)CC(C)(C)CC1=O. The van der Waals surface area contributed by atoms with Crippen LogP contribution in [0.15, 0.2) is 23.9 Å². The molecule has 0 saturated heterocycles. The molecule has 0 aliphatic heterocycles. The Morgan fingerprint density at radius 2 is 1.50 bits per heavy atom. The molecule has 0 radical (unpaired) electrons. The van der Waals surface area contributed by atoms with Gasteiger partial charge in [0.1, 0.15) is 0 Å². The molecule has 1 rings (SSSR count). The van der Waals surface area contributed by atoms with Crippen LogP contribution in [0, 0.1) is 5.41 Å². The van der Waals surface area contributed by atoms with Crippen LogP contribution in [-0.4, -0.2) is 30.6 Å². The highest BCUT2D eigenvalue weighted by atomic mass is 16.1. The first-order chi connectivity index (χ1) is 8.32. The van der Waals surface area contributed by atoms with E-state index in [0.29, 0.717) is 18.4 Å². The topological polar surface area (TPSA) is 37.4 Å². The summed E-state index contributed by atoms with van der Waals surface area (Å²) in [6, 6.07) is 0. The molecular weight excluding hydrogens is 226 g/mol. The van der Waals surface area contributed by atoms with Crippen LogP contribution < -0.4 is 0 Å². The van der Waals surface area contributed by atoms with Gasteiger partial charge >= 0.3 is 0 Å². The molecule has 3 nitrogen and oxygen atoms in total. The van der Waals surface area contributed by atoms with Crippen molar-refractivity contribution in [3.63, 3.8) is 0 Å². The average molecular weight is 251 g/mol. The summed E-state index contributed by atoms with van der Waals surface area (Å²) in [5, 5.41) is 0. The quantitative estimate of drug-likeness (QED) is 0.559. The number of allylic oxidation sites excluding steroid dienone is 3. The Bertz CT molecular complexity index is 341. The fourth-order valence-electron chi connectivity index (χ4n) is 1.78. The van der Waals surface area contributed by atoms with Gasteiger partial charge in [-0.15, -0.1) is 0 Å². The third-order valence-electron chi connectivity index (χ3n) is 2.53. The second kappa shape index (κ2) is 7.14. The van der Waals surface area contributed by atoms with E-state index in [4.69, 9.17) is 0 Å². The van der Waals surface area contributed by atoms with Crippen LogP contribution in [-0.2, 0) is 9.59 Å². The minimum Gasteiger partial charge on any atom is -0.383 e. The summed E-state index contributed by atoms with van der Waals surface area (Å²) in [5.74, 6) is -0.0747. The average Bonchev–Trinajstić information content (AvgIpc) is 2.23. The zero-order valence-electron chi connectivity index (χ0n) is 12.4. The number of hydrogen-bond donors (Lipinski definition) is 0. The summed E-state index contributed by atoms with van der Waals surface area (Å²) in [7, 11) is 3.78. The summed E-state index contributed by atoms with van der Waals surface area (Å²) >= 11 is 0. The minimum absolute atomic E-state index is 0.0374. The van der Waals surface area contributed by atoms with Gasteiger partial charge in [0.2, 0.25) is 0 Å². The number of hydrogen-bond acceptors (Lipinski definition) is 3. The molecule has 0 aromatic carbocycles. The van der Waals surface area contributed by atoms with E-state index >= 15 is 0 Å². The molecule has 102 valence electrons. The molecule has 1 aliphatic rings. The van der Waals surface area contributed by atoms with Gasteiger partial charge in [0.05, 0.1) is 5.57 Å². The summed E-state index contributed by atoms with van der Waals surface area (Å²) in [6.45, 7) is 7.91. The lowest BCUT2D eigenvalue weighted by Crippen LogP contribution is -2.31. The van der Waals surface area contributed by atoms with Gasteiger partial charge in [-0.1, -0.05) is 27.7 Å². The van der Waals surface area contributed by atoms with Crippen molar-refractivity contribution in [2.75, 3.05) is 14.1 Å². The highest BCUT2D eigenvalue weighted by Gasteiger charge is 2.34. The zero-order chi connectivity index (χ0) is 14.3. The molecule has 18 heavy (non-hydrogen) atoms. The van der Waals surface area contributed by atoms with Crippen LogP contribution in [0.1, 0.15) is 40.5 Å². The van der Waals surface area contributed by atoms with Gasteiger partial charge in [-0.05, 0) is 23.8 Å². The van der Waals surface area contributed by atoms with Crippen LogP contribution in [0.3, 0.4) is 0 Å². The third-order valence-corrected chi connectivity index (χ3v) is 2.53. The first-order valence-electron chi connectivity index (χ1n) is 6.43. The molecule has 1 saturated carbocycles. The lowest BCUT2D eigenvalue weighted by atomic mass is 9.74. The lowest BCUT2D eigenvalue weighted by molar-refractivity contribution is -0.127. The Labute approximate surface area is 111 Å². The fourth-order valence-corrected chi connectivity index (χ4v) is 1.78. The van der Waals surface area contributed by atoms with E-state index in [0.717, 1.165) is 0 Å². The van der Waals surface area contributed by atoms with Gasteiger partial charge in [0.15, 0.2) is 11.6 Å². The molecular formula is C15H25NO2. The molecule has 3 heteroatoms. The number of rotatable bonds is 2. The summed E-state index contributed by atoms with van der Waals surface area (Å²) in [5.41, 5.74) is 0.161. The maximum atomic E-state index is 11.8. The maximum Gasteiger partial charge on any atom is 0.166 e. The molecule has 1 fully saturated rings. The number of carbonyl (C=O) groups excluding carboxylic acids is 2. The number of Topliss-reactive ketones (excluding diaryl/α,β-unsaturated/α-hetero) is 2. The second-order valence-corrected chi connectivity index (χ2v) is 5.25. The predicted octanol–water partition coefficient (Wildman–Crippen LogP) is 2.97. The van der Waals surface area contributed by atoms with Crippen LogP contribution >= 0.6 is 0 Å². The van der Waals surface area contributed by atoms with E-state index in [-0.39, 0.29) is 17.0 Å². The Hall–Kier alpha value is -1.38. The molecule has 0 spiro atoms. The van der Waals surface area contributed by atoms with E-state index in [1.54, 1.807) is 12.2 Å². The zero-order valence-corrected chi connectivity index (χ0v) is 12.4. The van der Waals surface area contributed by atoms with Crippen molar-refractivity contribution in [2.45, 2.75) is 40.5 Å². The van der Waals surface area contributed by atoms with Crippen LogP contribution in [0.4, 0.5) is 0 Å². The first kappa shape index (κ1) is 16.6. The summed E-state index contributed by atoms with van der Waals surface area (Å²) < 4.78 is 0. The molecule has 0 heterocycles. The van der Waals surface area contributed by atoms with Crippen LogP contribution in [0.25, 0.3) is 0 Å². The Kier molecular flexibility index (Phi) is 6.60. The largest absolute Gasteiger partial charge is 0.383 e. The second-order valence-electron chi connectivity index (χ2n) is 5.25. The first-order valence-corrected chi connectivity index (χ1v) is 6.43. The molecule has 0 unspecified atom stereocenters. The van der Waals surface area contributed by atoms with Gasteiger partial charge in [0, 0.05) is 26.9 Å². The van der Waals surface area contributed by atoms with Gasteiger partial charge in [-0.25, -0.2) is 0 Å².